The van der Waals surface area contributed by atoms with Crippen molar-refractivity contribution in [3.8, 4) is 21.7 Å². The number of anilines is 1. The summed E-state index contributed by atoms with van der Waals surface area (Å²) in [6.45, 7) is 1.48. The van der Waals surface area contributed by atoms with Crippen LogP contribution in [0.15, 0.2) is 60.8 Å². The van der Waals surface area contributed by atoms with Gasteiger partial charge in [0.25, 0.3) is 5.91 Å². The van der Waals surface area contributed by atoms with Crippen LogP contribution in [-0.2, 0) is 0 Å². The largest absolute Gasteiger partial charge is 0.383 e. The Bertz CT molecular complexity index is 1200. The number of amides is 1. The fourth-order valence-corrected chi connectivity index (χ4v) is 4.29. The molecule has 0 saturated heterocycles. The molecule has 2 aromatic carbocycles. The summed E-state index contributed by atoms with van der Waals surface area (Å²) < 4.78 is 1.11. The molecule has 0 radical (unpaired) electrons. The summed E-state index contributed by atoms with van der Waals surface area (Å²) in [5.41, 5.74) is 10.4. The Kier molecular flexibility index (Phi) is 5.97. The number of carbonyl (C=O) groups excluding carboxylic acids is 1. The van der Waals surface area contributed by atoms with Crippen LogP contribution in [0.2, 0.25) is 0 Å². The lowest BCUT2D eigenvalue weighted by Gasteiger charge is -2.20. The van der Waals surface area contributed by atoms with Gasteiger partial charge in [0.15, 0.2) is 0 Å². The number of hydrogen-bond acceptors (Lipinski definition) is 6. The van der Waals surface area contributed by atoms with E-state index in [9.17, 15) is 4.79 Å². The number of hydrogen-bond donors (Lipinski definition) is 1. The third-order valence-electron chi connectivity index (χ3n) is 5.11. The molecular formula is C24H25N5OS. The zero-order chi connectivity index (χ0) is 22.0. The van der Waals surface area contributed by atoms with Crippen molar-refractivity contribution in [3.05, 3.63) is 66.4 Å². The third kappa shape index (κ3) is 4.57. The molecule has 0 aliphatic carbocycles. The summed E-state index contributed by atoms with van der Waals surface area (Å²) in [6.07, 6.45) is 1.74. The molecule has 0 atom stereocenters. The van der Waals surface area contributed by atoms with Crippen molar-refractivity contribution in [3.63, 3.8) is 0 Å². The molecule has 0 fully saturated rings. The molecule has 7 heteroatoms. The Hall–Kier alpha value is -3.29. The van der Waals surface area contributed by atoms with Crippen LogP contribution in [0.25, 0.3) is 31.9 Å². The summed E-state index contributed by atoms with van der Waals surface area (Å²) in [7, 11) is 5.82. The van der Waals surface area contributed by atoms with Gasteiger partial charge in [-0.2, -0.15) is 0 Å². The maximum atomic E-state index is 12.8. The minimum absolute atomic E-state index is 0.00139. The molecule has 0 spiro atoms. The molecule has 6 nitrogen and oxygen atoms in total. The van der Waals surface area contributed by atoms with Crippen LogP contribution in [0.5, 0.6) is 0 Å². The van der Waals surface area contributed by atoms with Crippen LogP contribution in [0.4, 0.5) is 5.82 Å². The Morgan fingerprint density at radius 1 is 1.00 bits per heavy atom. The number of likely N-dealkylation sites (N-methyl/N-ethyl adjacent to an activating group) is 2. The zero-order valence-electron chi connectivity index (χ0n) is 17.9. The normalized spacial score (nSPS) is 11.2. The van der Waals surface area contributed by atoms with Crippen LogP contribution >= 0.6 is 11.3 Å². The van der Waals surface area contributed by atoms with E-state index in [-0.39, 0.29) is 5.91 Å². The molecule has 158 valence electrons. The fourth-order valence-electron chi connectivity index (χ4n) is 3.30. The highest BCUT2D eigenvalue weighted by atomic mass is 32.1. The highest BCUT2D eigenvalue weighted by Gasteiger charge is 2.15. The minimum Gasteiger partial charge on any atom is -0.383 e. The summed E-state index contributed by atoms with van der Waals surface area (Å²) in [5.74, 6) is 0.442. The van der Waals surface area contributed by atoms with Crippen molar-refractivity contribution < 1.29 is 4.79 Å². The van der Waals surface area contributed by atoms with E-state index in [0.717, 1.165) is 38.5 Å². The minimum atomic E-state index is -0.00139. The number of para-hydroxylation sites is 1. The molecule has 0 saturated carbocycles. The predicted octanol–water partition coefficient (Wildman–Crippen LogP) is 4.24. The highest BCUT2D eigenvalue weighted by molar-refractivity contribution is 7.21. The molecule has 2 aromatic heterocycles. The first-order valence-electron chi connectivity index (χ1n) is 10.0. The van der Waals surface area contributed by atoms with Crippen molar-refractivity contribution in [1.82, 2.24) is 19.8 Å². The molecule has 0 unspecified atom stereocenters. The molecule has 2 N–H and O–H groups in total. The van der Waals surface area contributed by atoms with E-state index in [4.69, 9.17) is 10.7 Å². The number of carbonyl (C=O) groups is 1. The zero-order valence-corrected chi connectivity index (χ0v) is 18.7. The van der Waals surface area contributed by atoms with Crippen LogP contribution in [0, 0.1) is 0 Å². The van der Waals surface area contributed by atoms with Gasteiger partial charge in [-0.15, -0.1) is 11.3 Å². The first-order chi connectivity index (χ1) is 14.9. The van der Waals surface area contributed by atoms with Gasteiger partial charge in [0.05, 0.1) is 15.8 Å². The van der Waals surface area contributed by atoms with Gasteiger partial charge in [-0.25, -0.2) is 9.97 Å². The Labute approximate surface area is 186 Å². The molecule has 0 aliphatic heterocycles. The molecule has 2 heterocycles. The lowest BCUT2D eigenvalue weighted by Crippen LogP contribution is -2.33. The number of nitrogens with zero attached hydrogens (tertiary/aromatic N) is 4. The SMILES string of the molecule is CN(C)CCN(C)C(=O)c1cccc(-c2cnc(N)c(-c3nc4ccccc4s3)c2)c1. The van der Waals surface area contributed by atoms with Crippen molar-refractivity contribution in [2.45, 2.75) is 0 Å². The van der Waals surface area contributed by atoms with E-state index in [0.29, 0.717) is 17.9 Å². The Morgan fingerprint density at radius 3 is 2.58 bits per heavy atom. The van der Waals surface area contributed by atoms with E-state index in [1.54, 1.807) is 22.4 Å². The smallest absolute Gasteiger partial charge is 0.253 e. The van der Waals surface area contributed by atoms with Crippen LogP contribution < -0.4 is 5.73 Å². The van der Waals surface area contributed by atoms with Crippen LogP contribution in [-0.4, -0.2) is 59.9 Å². The predicted molar refractivity (Wildman–Crippen MR) is 128 cm³/mol. The maximum absolute atomic E-state index is 12.8. The molecule has 31 heavy (non-hydrogen) atoms. The molecule has 0 bridgehead atoms. The fraction of sp³-hybridized carbons (Fsp3) is 0.208. The van der Waals surface area contributed by atoms with Crippen molar-refractivity contribution in [2.24, 2.45) is 0 Å². The topological polar surface area (TPSA) is 75.3 Å². The van der Waals surface area contributed by atoms with E-state index >= 15 is 0 Å². The number of nitrogens with two attached hydrogens (primary N) is 1. The van der Waals surface area contributed by atoms with Gasteiger partial charge in [-0.1, -0.05) is 24.3 Å². The molecule has 0 aliphatic rings. The number of nitrogen functional groups attached to an aromatic ring is 1. The molecule has 1 amide bonds. The lowest BCUT2D eigenvalue weighted by atomic mass is 10.0. The lowest BCUT2D eigenvalue weighted by molar-refractivity contribution is 0.0786. The Balaban J connectivity index is 1.65. The summed E-state index contributed by atoms with van der Waals surface area (Å²) in [4.78, 5) is 25.8. The second-order valence-electron chi connectivity index (χ2n) is 7.75. The van der Waals surface area contributed by atoms with Gasteiger partial charge in [-0.3, -0.25) is 4.79 Å². The molecular weight excluding hydrogens is 406 g/mol. The number of fused-ring (bicyclic) bond motifs is 1. The van der Waals surface area contributed by atoms with Crippen molar-refractivity contribution in [2.75, 3.05) is 40.0 Å². The van der Waals surface area contributed by atoms with E-state index in [1.807, 2.05) is 75.7 Å². The second kappa shape index (κ2) is 8.83. The van der Waals surface area contributed by atoms with Gasteiger partial charge in [-0.05, 0) is 50.0 Å². The van der Waals surface area contributed by atoms with Gasteiger partial charge in [0.2, 0.25) is 0 Å². The number of pyridine rings is 1. The number of thiazole rings is 1. The maximum Gasteiger partial charge on any atom is 0.253 e. The first-order valence-corrected chi connectivity index (χ1v) is 10.9. The Morgan fingerprint density at radius 2 is 1.81 bits per heavy atom. The average molecular weight is 432 g/mol. The van der Waals surface area contributed by atoms with E-state index in [1.165, 1.54) is 0 Å². The summed E-state index contributed by atoms with van der Waals surface area (Å²) in [6, 6.07) is 17.6. The third-order valence-corrected chi connectivity index (χ3v) is 6.18. The van der Waals surface area contributed by atoms with Gasteiger partial charge < -0.3 is 15.5 Å². The molecule has 4 rings (SSSR count). The highest BCUT2D eigenvalue weighted by Crippen LogP contribution is 2.35. The molecule has 4 aromatic rings. The standard InChI is InChI=1S/C24H25N5OS/c1-28(2)11-12-29(3)24(30)17-8-6-7-16(13-17)18-14-19(22(25)26-15-18)23-27-20-9-4-5-10-21(20)31-23/h4-10,13-15H,11-12H2,1-3H3,(H2,25,26). The van der Waals surface area contributed by atoms with E-state index in [2.05, 4.69) is 9.88 Å². The van der Waals surface area contributed by atoms with Gasteiger partial charge in [0.1, 0.15) is 10.8 Å². The van der Waals surface area contributed by atoms with Crippen molar-refractivity contribution in [1.29, 1.82) is 0 Å². The monoisotopic (exact) mass is 431 g/mol. The van der Waals surface area contributed by atoms with Crippen LogP contribution in [0.1, 0.15) is 10.4 Å². The number of aromatic nitrogens is 2. The summed E-state index contributed by atoms with van der Waals surface area (Å²) >= 11 is 1.59. The van der Waals surface area contributed by atoms with Crippen molar-refractivity contribution >= 4 is 33.3 Å². The summed E-state index contributed by atoms with van der Waals surface area (Å²) in [5, 5.41) is 0.837. The van der Waals surface area contributed by atoms with E-state index < -0.39 is 0 Å². The number of rotatable bonds is 6. The number of benzene rings is 2. The average Bonchev–Trinajstić information content (AvgIpc) is 3.21. The first kappa shape index (κ1) is 21.0. The van der Waals surface area contributed by atoms with Crippen LogP contribution in [0.3, 0.4) is 0 Å². The second-order valence-corrected chi connectivity index (χ2v) is 8.78. The quantitative estimate of drug-likeness (QED) is 0.494. The van der Waals surface area contributed by atoms with Gasteiger partial charge >= 0.3 is 0 Å². The van der Waals surface area contributed by atoms with Gasteiger partial charge in [0, 0.05) is 37.5 Å².